The van der Waals surface area contributed by atoms with Crippen LogP contribution in [0.15, 0.2) is 24.4 Å². The van der Waals surface area contributed by atoms with Gasteiger partial charge in [-0.3, -0.25) is 9.59 Å². The van der Waals surface area contributed by atoms with Gasteiger partial charge in [0.25, 0.3) is 5.91 Å². The minimum atomic E-state index is -0.431. The van der Waals surface area contributed by atoms with Gasteiger partial charge in [-0.25, -0.2) is 4.98 Å². The fourth-order valence-corrected chi connectivity index (χ4v) is 2.72. The number of likely N-dealkylation sites (tertiary alicyclic amines) is 1. The first-order valence-corrected chi connectivity index (χ1v) is 7.27. The Balaban J connectivity index is 1.88. The highest BCUT2D eigenvalue weighted by molar-refractivity contribution is 5.93. The van der Waals surface area contributed by atoms with Crippen molar-refractivity contribution in [3.8, 4) is 0 Å². The second kappa shape index (κ2) is 5.76. The molecule has 116 valence electrons. The molecule has 0 bridgehead atoms. The molecule has 7 nitrogen and oxygen atoms in total. The van der Waals surface area contributed by atoms with Crippen molar-refractivity contribution in [2.45, 2.75) is 25.4 Å². The fourth-order valence-electron chi connectivity index (χ4n) is 2.72. The summed E-state index contributed by atoms with van der Waals surface area (Å²) >= 11 is 0. The summed E-state index contributed by atoms with van der Waals surface area (Å²) in [6.45, 7) is 1.06. The van der Waals surface area contributed by atoms with Gasteiger partial charge in [-0.15, -0.1) is 0 Å². The lowest BCUT2D eigenvalue weighted by Gasteiger charge is -2.28. The van der Waals surface area contributed by atoms with Crippen molar-refractivity contribution in [2.24, 2.45) is 5.73 Å². The first-order chi connectivity index (χ1) is 10.5. The van der Waals surface area contributed by atoms with Crippen molar-refractivity contribution in [3.63, 3.8) is 0 Å². The summed E-state index contributed by atoms with van der Waals surface area (Å²) in [4.78, 5) is 29.6. The molecule has 1 fully saturated rings. The summed E-state index contributed by atoms with van der Waals surface area (Å²) in [5, 5.41) is 9.51. The molecule has 7 heteroatoms. The highest BCUT2D eigenvalue weighted by Gasteiger charge is 2.24. The number of carbonyl (C=O) groups excluding carboxylic acids is 2. The van der Waals surface area contributed by atoms with E-state index in [0.717, 1.165) is 0 Å². The Morgan fingerprint density at radius 3 is 2.73 bits per heavy atom. The lowest BCUT2D eigenvalue weighted by Crippen LogP contribution is -2.40. The number of rotatable bonds is 3. The Hall–Kier alpha value is -2.41. The number of fused-ring (bicyclic) bond motifs is 1. The van der Waals surface area contributed by atoms with E-state index in [2.05, 4.69) is 4.98 Å². The molecule has 3 rings (SSSR count). The molecule has 0 aromatic carbocycles. The Bertz CT molecular complexity index is 717. The van der Waals surface area contributed by atoms with Gasteiger partial charge < -0.3 is 20.1 Å². The van der Waals surface area contributed by atoms with Crippen LogP contribution in [0, 0.1) is 0 Å². The van der Waals surface area contributed by atoms with Gasteiger partial charge in [-0.05, 0) is 25.0 Å². The first kappa shape index (κ1) is 14.5. The number of amides is 2. The Kier molecular flexibility index (Phi) is 3.81. The van der Waals surface area contributed by atoms with Crippen molar-refractivity contribution in [3.05, 3.63) is 35.8 Å². The molecule has 0 radical (unpaired) electrons. The highest BCUT2D eigenvalue weighted by Crippen LogP contribution is 2.15. The summed E-state index contributed by atoms with van der Waals surface area (Å²) in [6.07, 6.45) is 2.59. The van der Waals surface area contributed by atoms with E-state index in [-0.39, 0.29) is 18.4 Å². The van der Waals surface area contributed by atoms with Crippen LogP contribution in [0.1, 0.15) is 29.0 Å². The number of hydrogen-bond acceptors (Lipinski definition) is 4. The Labute approximate surface area is 127 Å². The largest absolute Gasteiger partial charge is 0.393 e. The number of carbonyl (C=O) groups is 2. The topological polar surface area (TPSA) is 101 Å². The standard InChI is InChI=1S/C15H18N4O3/c16-13(21)8-10-2-1-3-14-17-12(9-19(10)14)15(22)18-6-4-11(20)5-7-18/h1-3,9,11,20H,4-8H2,(H2,16,21). The molecule has 0 spiro atoms. The first-order valence-electron chi connectivity index (χ1n) is 7.27. The predicted molar refractivity (Wildman–Crippen MR) is 79.2 cm³/mol. The summed E-state index contributed by atoms with van der Waals surface area (Å²) < 4.78 is 1.72. The van der Waals surface area contributed by atoms with Gasteiger partial charge in [-0.1, -0.05) is 6.07 Å². The molecule has 0 unspecified atom stereocenters. The van der Waals surface area contributed by atoms with Crippen LogP contribution in [-0.2, 0) is 11.2 Å². The number of pyridine rings is 1. The molecule has 1 saturated heterocycles. The molecule has 0 saturated carbocycles. The maximum atomic E-state index is 12.5. The van der Waals surface area contributed by atoms with Crippen LogP contribution in [-0.4, -0.2) is 50.4 Å². The average Bonchev–Trinajstić information content (AvgIpc) is 2.92. The molecular formula is C15H18N4O3. The third kappa shape index (κ3) is 2.80. The van der Waals surface area contributed by atoms with Gasteiger partial charge in [0.05, 0.1) is 12.5 Å². The van der Waals surface area contributed by atoms with Crippen LogP contribution >= 0.6 is 0 Å². The van der Waals surface area contributed by atoms with Gasteiger partial charge in [0.1, 0.15) is 11.3 Å². The molecule has 2 amide bonds. The molecule has 1 aliphatic rings. The van der Waals surface area contributed by atoms with Crippen LogP contribution in [0.4, 0.5) is 0 Å². The second-order valence-corrected chi connectivity index (χ2v) is 5.54. The monoisotopic (exact) mass is 302 g/mol. The molecule has 3 N–H and O–H groups in total. The zero-order chi connectivity index (χ0) is 15.7. The van der Waals surface area contributed by atoms with Gasteiger partial charge in [0.15, 0.2) is 0 Å². The SMILES string of the molecule is NC(=O)Cc1cccc2nc(C(=O)N3CCC(O)CC3)cn12. The number of imidazole rings is 1. The third-order valence-corrected chi connectivity index (χ3v) is 3.90. The number of nitrogens with zero attached hydrogens (tertiary/aromatic N) is 3. The molecule has 2 aromatic rings. The molecule has 1 aliphatic heterocycles. The maximum Gasteiger partial charge on any atom is 0.274 e. The smallest absolute Gasteiger partial charge is 0.274 e. The number of nitrogens with two attached hydrogens (primary N) is 1. The average molecular weight is 302 g/mol. The third-order valence-electron chi connectivity index (χ3n) is 3.90. The zero-order valence-electron chi connectivity index (χ0n) is 12.1. The predicted octanol–water partition coefficient (Wildman–Crippen LogP) is -0.0410. The van der Waals surface area contributed by atoms with Crippen molar-refractivity contribution in [2.75, 3.05) is 13.1 Å². The summed E-state index contributed by atoms with van der Waals surface area (Å²) in [7, 11) is 0. The lowest BCUT2D eigenvalue weighted by molar-refractivity contribution is -0.117. The van der Waals surface area contributed by atoms with E-state index in [1.807, 2.05) is 0 Å². The summed E-state index contributed by atoms with van der Waals surface area (Å²) in [6, 6.07) is 5.35. The van der Waals surface area contributed by atoms with Crippen molar-refractivity contribution in [1.29, 1.82) is 0 Å². The van der Waals surface area contributed by atoms with Crippen LogP contribution in [0.3, 0.4) is 0 Å². The minimum Gasteiger partial charge on any atom is -0.393 e. The number of aliphatic hydroxyl groups is 1. The van der Waals surface area contributed by atoms with E-state index in [9.17, 15) is 14.7 Å². The van der Waals surface area contributed by atoms with E-state index in [0.29, 0.717) is 43.0 Å². The van der Waals surface area contributed by atoms with Gasteiger partial charge in [0, 0.05) is 25.0 Å². The number of aliphatic hydroxyl groups excluding tert-OH is 1. The van der Waals surface area contributed by atoms with E-state index in [4.69, 9.17) is 5.73 Å². The quantitative estimate of drug-likeness (QED) is 0.830. The normalized spacial score (nSPS) is 16.1. The van der Waals surface area contributed by atoms with Gasteiger partial charge in [0.2, 0.25) is 5.91 Å². The summed E-state index contributed by atoms with van der Waals surface area (Å²) in [5.74, 6) is -0.584. The second-order valence-electron chi connectivity index (χ2n) is 5.54. The number of primary amides is 1. The van der Waals surface area contributed by atoms with E-state index >= 15 is 0 Å². The molecule has 0 aliphatic carbocycles. The van der Waals surface area contributed by atoms with Crippen molar-refractivity contribution >= 4 is 17.5 Å². The Morgan fingerprint density at radius 1 is 1.32 bits per heavy atom. The van der Waals surface area contributed by atoms with Gasteiger partial charge >= 0.3 is 0 Å². The van der Waals surface area contributed by atoms with Crippen LogP contribution in [0.5, 0.6) is 0 Å². The van der Waals surface area contributed by atoms with Crippen LogP contribution < -0.4 is 5.73 Å². The van der Waals surface area contributed by atoms with Crippen LogP contribution in [0.25, 0.3) is 5.65 Å². The molecular weight excluding hydrogens is 284 g/mol. The highest BCUT2D eigenvalue weighted by atomic mass is 16.3. The fraction of sp³-hybridized carbons (Fsp3) is 0.400. The summed E-state index contributed by atoms with van der Waals surface area (Å²) in [5.41, 5.74) is 6.89. The van der Waals surface area contributed by atoms with Crippen molar-refractivity contribution < 1.29 is 14.7 Å². The molecule has 0 atom stereocenters. The van der Waals surface area contributed by atoms with E-state index < -0.39 is 5.91 Å². The maximum absolute atomic E-state index is 12.5. The number of piperidine rings is 1. The lowest BCUT2D eigenvalue weighted by atomic mass is 10.1. The van der Waals surface area contributed by atoms with E-state index in [1.54, 1.807) is 33.7 Å². The molecule has 3 heterocycles. The van der Waals surface area contributed by atoms with Crippen LogP contribution in [0.2, 0.25) is 0 Å². The minimum absolute atomic E-state index is 0.0945. The Morgan fingerprint density at radius 2 is 2.05 bits per heavy atom. The zero-order valence-corrected chi connectivity index (χ0v) is 12.1. The number of hydrogen-bond donors (Lipinski definition) is 2. The van der Waals surface area contributed by atoms with E-state index in [1.165, 1.54) is 0 Å². The molecule has 2 aromatic heterocycles. The van der Waals surface area contributed by atoms with Gasteiger partial charge in [-0.2, -0.15) is 0 Å². The van der Waals surface area contributed by atoms with Crippen molar-refractivity contribution in [1.82, 2.24) is 14.3 Å². The number of aromatic nitrogens is 2. The molecule has 22 heavy (non-hydrogen) atoms.